The molecule has 158 valence electrons. The first kappa shape index (κ1) is 20.6. The number of halogens is 3. The number of amides is 1. The fourth-order valence-corrected chi connectivity index (χ4v) is 4.60. The van der Waals surface area contributed by atoms with Crippen molar-refractivity contribution in [2.45, 2.75) is 31.7 Å². The number of aromatic nitrogens is 2. The minimum Gasteiger partial charge on any atom is -0.491 e. The molecule has 1 aliphatic rings. The van der Waals surface area contributed by atoms with E-state index in [1.165, 1.54) is 7.11 Å². The van der Waals surface area contributed by atoms with E-state index in [0.717, 1.165) is 27.6 Å². The van der Waals surface area contributed by atoms with Crippen LogP contribution in [0.15, 0.2) is 39.6 Å². The van der Waals surface area contributed by atoms with Crippen LogP contribution in [0.2, 0.25) is 0 Å². The number of nitrogens with one attached hydrogen (secondary N) is 2. The summed E-state index contributed by atoms with van der Waals surface area (Å²) in [5, 5.41) is 2.59. The summed E-state index contributed by atoms with van der Waals surface area (Å²) in [4.78, 5) is 28.0. The van der Waals surface area contributed by atoms with Crippen molar-refractivity contribution in [2.75, 3.05) is 12.4 Å². The fraction of sp³-hybridized carbons (Fsp3) is 0.333. The zero-order valence-corrected chi connectivity index (χ0v) is 17.8. The molecule has 0 saturated heterocycles. The number of carbonyl (C=O) groups is 1. The lowest BCUT2D eigenvalue weighted by Crippen LogP contribution is -2.31. The Balaban J connectivity index is 1.45. The van der Waals surface area contributed by atoms with Gasteiger partial charge in [-0.25, -0.2) is 13.6 Å². The standard InChI is InChI=1S/C21H20BrF2N3O3/c1-30-19-15(23)9-12(10-16(19)24)25-20(28)11-5-7-13(8-6-11)27-17-4-2-3-14(22)18(17)26-21(27)29/h2-4,9-11,13H,5-8H2,1H3,(H,25,28)(H,26,29). The van der Waals surface area contributed by atoms with Gasteiger partial charge in [0, 0.05) is 34.3 Å². The molecule has 1 fully saturated rings. The number of H-pyrrole nitrogens is 1. The molecule has 2 N–H and O–H groups in total. The number of carbonyl (C=O) groups excluding carboxylic acids is 1. The molecule has 0 aliphatic heterocycles. The molecule has 1 aliphatic carbocycles. The first-order chi connectivity index (χ1) is 14.4. The SMILES string of the molecule is COc1c(F)cc(NC(=O)C2CCC(n3c(=O)[nH]c4c(Br)cccc43)CC2)cc1F. The predicted molar refractivity (Wildman–Crippen MR) is 113 cm³/mol. The molecular formula is C21H20BrF2N3O3. The van der Waals surface area contributed by atoms with Crippen molar-refractivity contribution in [3.05, 3.63) is 56.9 Å². The molecular weight excluding hydrogens is 460 g/mol. The van der Waals surface area contributed by atoms with E-state index in [1.807, 2.05) is 18.2 Å². The van der Waals surface area contributed by atoms with Crippen molar-refractivity contribution >= 4 is 38.6 Å². The normalized spacial score (nSPS) is 19.1. The number of hydrogen-bond acceptors (Lipinski definition) is 3. The minimum atomic E-state index is -0.874. The lowest BCUT2D eigenvalue weighted by atomic mass is 9.85. The minimum absolute atomic E-state index is 0.0134. The van der Waals surface area contributed by atoms with Gasteiger partial charge in [-0.3, -0.25) is 9.36 Å². The molecule has 1 heterocycles. The smallest absolute Gasteiger partial charge is 0.326 e. The van der Waals surface area contributed by atoms with Gasteiger partial charge in [0.2, 0.25) is 5.91 Å². The fourth-order valence-electron chi connectivity index (χ4n) is 4.14. The lowest BCUT2D eigenvalue weighted by Gasteiger charge is -2.28. The third kappa shape index (κ3) is 3.74. The van der Waals surface area contributed by atoms with Gasteiger partial charge >= 0.3 is 5.69 Å². The third-order valence-electron chi connectivity index (χ3n) is 5.60. The van der Waals surface area contributed by atoms with Gasteiger partial charge in [-0.1, -0.05) is 6.07 Å². The van der Waals surface area contributed by atoms with E-state index < -0.39 is 17.4 Å². The highest BCUT2D eigenvalue weighted by Crippen LogP contribution is 2.35. The van der Waals surface area contributed by atoms with Crippen LogP contribution in [0.4, 0.5) is 14.5 Å². The van der Waals surface area contributed by atoms with Crippen molar-refractivity contribution < 1.29 is 18.3 Å². The molecule has 6 nitrogen and oxygen atoms in total. The Labute approximate surface area is 179 Å². The highest BCUT2D eigenvalue weighted by atomic mass is 79.9. The Morgan fingerprint density at radius 1 is 1.20 bits per heavy atom. The highest BCUT2D eigenvalue weighted by molar-refractivity contribution is 9.10. The van der Waals surface area contributed by atoms with Crippen molar-refractivity contribution in [1.29, 1.82) is 0 Å². The molecule has 0 unspecified atom stereocenters. The number of nitrogens with zero attached hydrogens (tertiary/aromatic N) is 1. The number of aromatic amines is 1. The van der Waals surface area contributed by atoms with Crippen LogP contribution < -0.4 is 15.7 Å². The summed E-state index contributed by atoms with van der Waals surface area (Å²) in [5.41, 5.74) is 1.46. The molecule has 0 radical (unpaired) electrons. The molecule has 1 aromatic heterocycles. The van der Waals surface area contributed by atoms with E-state index in [1.54, 1.807) is 4.57 Å². The molecule has 3 aromatic rings. The Morgan fingerprint density at radius 3 is 2.50 bits per heavy atom. The third-order valence-corrected chi connectivity index (χ3v) is 6.27. The average Bonchev–Trinajstić information content (AvgIpc) is 3.05. The van der Waals surface area contributed by atoms with E-state index in [2.05, 4.69) is 31.0 Å². The number of imidazole rings is 1. The molecule has 1 saturated carbocycles. The van der Waals surface area contributed by atoms with Gasteiger partial charge in [0.25, 0.3) is 0 Å². The van der Waals surface area contributed by atoms with Gasteiger partial charge in [0.1, 0.15) is 0 Å². The van der Waals surface area contributed by atoms with Crippen LogP contribution in [0.1, 0.15) is 31.7 Å². The monoisotopic (exact) mass is 479 g/mol. The molecule has 2 aromatic carbocycles. The van der Waals surface area contributed by atoms with Crippen LogP contribution in [0.25, 0.3) is 11.0 Å². The predicted octanol–water partition coefficient (Wildman–Crippen LogP) is 4.75. The Bertz CT molecular complexity index is 1140. The van der Waals surface area contributed by atoms with Crippen LogP contribution in [-0.2, 0) is 4.79 Å². The van der Waals surface area contributed by atoms with Crippen LogP contribution in [0, 0.1) is 17.6 Å². The topological polar surface area (TPSA) is 76.1 Å². The van der Waals surface area contributed by atoms with Crippen molar-refractivity contribution in [2.24, 2.45) is 5.92 Å². The highest BCUT2D eigenvalue weighted by Gasteiger charge is 2.29. The number of hydrogen-bond donors (Lipinski definition) is 2. The lowest BCUT2D eigenvalue weighted by molar-refractivity contribution is -0.121. The van der Waals surface area contributed by atoms with Gasteiger partial charge in [0.15, 0.2) is 17.4 Å². The maximum absolute atomic E-state index is 13.9. The second kappa shape index (κ2) is 8.22. The number of ether oxygens (including phenoxy) is 1. The van der Waals surface area contributed by atoms with Gasteiger partial charge in [0.05, 0.1) is 18.1 Å². The molecule has 4 rings (SSSR count). The van der Waals surface area contributed by atoms with E-state index in [9.17, 15) is 18.4 Å². The van der Waals surface area contributed by atoms with E-state index in [4.69, 9.17) is 0 Å². The summed E-state index contributed by atoms with van der Waals surface area (Å²) < 4.78 is 34.9. The van der Waals surface area contributed by atoms with Crippen LogP contribution in [0.3, 0.4) is 0 Å². The number of benzene rings is 2. The summed E-state index contributed by atoms with van der Waals surface area (Å²) in [6, 6.07) is 7.70. The van der Waals surface area contributed by atoms with E-state index in [-0.39, 0.29) is 29.2 Å². The average molecular weight is 480 g/mol. The zero-order valence-electron chi connectivity index (χ0n) is 16.2. The molecule has 30 heavy (non-hydrogen) atoms. The van der Waals surface area contributed by atoms with Crippen molar-refractivity contribution in [3.8, 4) is 5.75 Å². The van der Waals surface area contributed by atoms with Crippen LogP contribution >= 0.6 is 15.9 Å². The summed E-state index contributed by atoms with van der Waals surface area (Å²) in [7, 11) is 1.18. The summed E-state index contributed by atoms with van der Waals surface area (Å²) in [6.07, 6.45) is 2.46. The number of rotatable bonds is 4. The maximum atomic E-state index is 13.9. The van der Waals surface area contributed by atoms with Crippen LogP contribution in [-0.4, -0.2) is 22.6 Å². The zero-order chi connectivity index (χ0) is 21.4. The van der Waals surface area contributed by atoms with Crippen molar-refractivity contribution in [1.82, 2.24) is 9.55 Å². The summed E-state index contributed by atoms with van der Waals surface area (Å²) >= 11 is 3.45. The largest absolute Gasteiger partial charge is 0.491 e. The van der Waals surface area contributed by atoms with E-state index >= 15 is 0 Å². The number of methoxy groups -OCH3 is 1. The Kier molecular flexibility index (Phi) is 5.64. The molecule has 1 amide bonds. The summed E-state index contributed by atoms with van der Waals surface area (Å²) in [6.45, 7) is 0. The first-order valence-electron chi connectivity index (χ1n) is 9.61. The number of para-hydroxylation sites is 1. The Hall–Kier alpha value is -2.68. The van der Waals surface area contributed by atoms with Gasteiger partial charge in [-0.05, 0) is 53.7 Å². The molecule has 0 atom stereocenters. The maximum Gasteiger partial charge on any atom is 0.326 e. The second-order valence-corrected chi connectivity index (χ2v) is 8.26. The van der Waals surface area contributed by atoms with Gasteiger partial charge in [-0.15, -0.1) is 0 Å². The van der Waals surface area contributed by atoms with Gasteiger partial charge in [-0.2, -0.15) is 0 Å². The Morgan fingerprint density at radius 2 is 1.87 bits per heavy atom. The van der Waals surface area contributed by atoms with Crippen LogP contribution in [0.5, 0.6) is 5.75 Å². The van der Waals surface area contributed by atoms with E-state index in [0.29, 0.717) is 25.7 Å². The molecule has 0 bridgehead atoms. The second-order valence-electron chi connectivity index (χ2n) is 7.40. The number of anilines is 1. The van der Waals surface area contributed by atoms with Crippen molar-refractivity contribution in [3.63, 3.8) is 0 Å². The first-order valence-corrected chi connectivity index (χ1v) is 10.4. The molecule has 9 heteroatoms. The molecule has 0 spiro atoms. The van der Waals surface area contributed by atoms with Gasteiger partial charge < -0.3 is 15.0 Å². The summed E-state index contributed by atoms with van der Waals surface area (Å²) in [5.74, 6) is -2.80. The quantitative estimate of drug-likeness (QED) is 0.566. The number of fused-ring (bicyclic) bond motifs is 1.